The normalized spacial score (nSPS) is 14.9. The summed E-state index contributed by atoms with van der Waals surface area (Å²) in [7, 11) is 0. The third-order valence-electron chi connectivity index (χ3n) is 4.36. The maximum absolute atomic E-state index is 12.1. The fourth-order valence-corrected chi connectivity index (χ4v) is 2.78. The molecule has 0 bridgehead atoms. The minimum atomic E-state index is -0.225. The molecule has 0 spiro atoms. The van der Waals surface area contributed by atoms with Gasteiger partial charge in [0, 0.05) is 32.6 Å². The van der Waals surface area contributed by atoms with Gasteiger partial charge in [-0.25, -0.2) is 4.79 Å². The molecule has 5 heteroatoms. The predicted molar refractivity (Wildman–Crippen MR) is 92.4 cm³/mol. The first-order valence-corrected chi connectivity index (χ1v) is 9.38. The second kappa shape index (κ2) is 12.2. The summed E-state index contributed by atoms with van der Waals surface area (Å²) in [6.07, 6.45) is 9.34. The molecule has 0 aliphatic carbocycles. The summed E-state index contributed by atoms with van der Waals surface area (Å²) in [4.78, 5) is 27.7. The second-order valence-electron chi connectivity index (χ2n) is 6.35. The Bertz CT molecular complexity index is 339. The number of ether oxygens (including phenoxy) is 1. The lowest BCUT2D eigenvalue weighted by molar-refractivity contribution is -0.132. The van der Waals surface area contributed by atoms with Gasteiger partial charge in [-0.15, -0.1) is 0 Å². The van der Waals surface area contributed by atoms with Crippen LogP contribution >= 0.6 is 0 Å². The lowest BCUT2D eigenvalue weighted by Crippen LogP contribution is -2.50. The lowest BCUT2D eigenvalue weighted by atomic mass is 10.1. The van der Waals surface area contributed by atoms with E-state index in [0.29, 0.717) is 39.2 Å². The van der Waals surface area contributed by atoms with E-state index in [1.54, 1.807) is 4.90 Å². The summed E-state index contributed by atoms with van der Waals surface area (Å²) in [5.41, 5.74) is 0. The largest absolute Gasteiger partial charge is 0.449 e. The van der Waals surface area contributed by atoms with Crippen LogP contribution in [0.4, 0.5) is 4.79 Å². The fourth-order valence-electron chi connectivity index (χ4n) is 2.78. The SMILES string of the molecule is CCCCCCOC(=O)N1CCN(C(=O)CCCCCC)CC1. The van der Waals surface area contributed by atoms with Crippen LogP contribution in [0, 0.1) is 0 Å². The predicted octanol–water partition coefficient (Wildman–Crippen LogP) is 3.82. The summed E-state index contributed by atoms with van der Waals surface area (Å²) in [5, 5.41) is 0. The molecule has 1 saturated heterocycles. The number of carbonyl (C=O) groups is 2. The maximum Gasteiger partial charge on any atom is 0.409 e. The molecule has 1 rings (SSSR count). The van der Waals surface area contributed by atoms with Gasteiger partial charge in [-0.2, -0.15) is 0 Å². The third kappa shape index (κ3) is 8.24. The van der Waals surface area contributed by atoms with Crippen molar-refractivity contribution in [3.05, 3.63) is 0 Å². The van der Waals surface area contributed by atoms with Crippen LogP contribution in [0.3, 0.4) is 0 Å². The van der Waals surface area contributed by atoms with Gasteiger partial charge in [-0.1, -0.05) is 52.4 Å². The van der Waals surface area contributed by atoms with Gasteiger partial charge in [0.2, 0.25) is 5.91 Å². The summed E-state index contributed by atoms with van der Waals surface area (Å²) < 4.78 is 5.30. The van der Waals surface area contributed by atoms with E-state index in [1.807, 2.05) is 4.90 Å². The zero-order valence-electron chi connectivity index (χ0n) is 15.0. The Hall–Kier alpha value is -1.26. The van der Waals surface area contributed by atoms with Crippen molar-refractivity contribution >= 4 is 12.0 Å². The first kappa shape index (κ1) is 19.8. The molecular formula is C18H34N2O3. The lowest BCUT2D eigenvalue weighted by Gasteiger charge is -2.34. The molecule has 0 atom stereocenters. The van der Waals surface area contributed by atoms with Gasteiger partial charge in [0.15, 0.2) is 0 Å². The number of piperazine rings is 1. The van der Waals surface area contributed by atoms with Crippen LogP contribution in [-0.4, -0.2) is 54.6 Å². The van der Waals surface area contributed by atoms with Gasteiger partial charge in [0.05, 0.1) is 6.61 Å². The Morgan fingerprint density at radius 3 is 1.96 bits per heavy atom. The van der Waals surface area contributed by atoms with E-state index in [0.717, 1.165) is 25.7 Å². The molecule has 134 valence electrons. The molecule has 2 amide bonds. The Morgan fingerprint density at radius 2 is 1.35 bits per heavy atom. The average molecular weight is 326 g/mol. The maximum atomic E-state index is 12.1. The molecule has 1 aliphatic rings. The van der Waals surface area contributed by atoms with Crippen LogP contribution in [0.15, 0.2) is 0 Å². The summed E-state index contributed by atoms with van der Waals surface area (Å²) >= 11 is 0. The van der Waals surface area contributed by atoms with Gasteiger partial charge < -0.3 is 14.5 Å². The number of hydrogen-bond donors (Lipinski definition) is 0. The number of nitrogens with zero attached hydrogens (tertiary/aromatic N) is 2. The first-order chi connectivity index (χ1) is 11.2. The van der Waals surface area contributed by atoms with E-state index >= 15 is 0 Å². The quantitative estimate of drug-likeness (QED) is 0.573. The molecule has 23 heavy (non-hydrogen) atoms. The van der Waals surface area contributed by atoms with Crippen molar-refractivity contribution in [2.45, 2.75) is 71.6 Å². The molecule has 0 N–H and O–H groups in total. The first-order valence-electron chi connectivity index (χ1n) is 9.38. The van der Waals surface area contributed by atoms with Crippen LogP contribution in [0.25, 0.3) is 0 Å². The van der Waals surface area contributed by atoms with E-state index < -0.39 is 0 Å². The molecule has 0 aromatic heterocycles. The van der Waals surface area contributed by atoms with E-state index in [1.165, 1.54) is 25.7 Å². The highest BCUT2D eigenvalue weighted by atomic mass is 16.6. The molecule has 1 aliphatic heterocycles. The molecule has 5 nitrogen and oxygen atoms in total. The molecule has 0 aromatic rings. The molecule has 0 radical (unpaired) electrons. The van der Waals surface area contributed by atoms with E-state index in [9.17, 15) is 9.59 Å². The third-order valence-corrected chi connectivity index (χ3v) is 4.36. The highest BCUT2D eigenvalue weighted by molar-refractivity contribution is 5.76. The molecule has 0 aromatic carbocycles. The zero-order chi connectivity index (χ0) is 16.9. The number of rotatable bonds is 10. The number of amides is 2. The van der Waals surface area contributed by atoms with Crippen molar-refractivity contribution in [2.24, 2.45) is 0 Å². The molecule has 0 saturated carbocycles. The van der Waals surface area contributed by atoms with Crippen molar-refractivity contribution in [1.29, 1.82) is 0 Å². The van der Waals surface area contributed by atoms with Crippen molar-refractivity contribution in [1.82, 2.24) is 9.80 Å². The van der Waals surface area contributed by atoms with Crippen LogP contribution in [0.2, 0.25) is 0 Å². The van der Waals surface area contributed by atoms with Crippen molar-refractivity contribution in [2.75, 3.05) is 32.8 Å². The summed E-state index contributed by atoms with van der Waals surface area (Å²) in [6.45, 7) is 7.30. The minimum Gasteiger partial charge on any atom is -0.449 e. The van der Waals surface area contributed by atoms with Gasteiger partial charge in [-0.05, 0) is 12.8 Å². The highest BCUT2D eigenvalue weighted by Gasteiger charge is 2.24. The molecule has 1 heterocycles. The second-order valence-corrected chi connectivity index (χ2v) is 6.35. The van der Waals surface area contributed by atoms with Gasteiger partial charge in [0.1, 0.15) is 0 Å². The van der Waals surface area contributed by atoms with Gasteiger partial charge in [-0.3, -0.25) is 4.79 Å². The standard InChI is InChI=1S/C18H34N2O3/c1-3-5-7-9-11-17(21)19-12-14-20(15-13-19)18(22)23-16-10-8-6-4-2/h3-16H2,1-2H3. The van der Waals surface area contributed by atoms with Gasteiger partial charge >= 0.3 is 6.09 Å². The van der Waals surface area contributed by atoms with E-state index in [4.69, 9.17) is 4.74 Å². The van der Waals surface area contributed by atoms with Crippen molar-refractivity contribution in [3.8, 4) is 0 Å². The summed E-state index contributed by atoms with van der Waals surface area (Å²) in [5.74, 6) is 0.230. The van der Waals surface area contributed by atoms with E-state index in [2.05, 4.69) is 13.8 Å². The van der Waals surface area contributed by atoms with Crippen LogP contribution in [0.1, 0.15) is 71.6 Å². The number of hydrogen-bond acceptors (Lipinski definition) is 3. The van der Waals surface area contributed by atoms with Crippen LogP contribution in [-0.2, 0) is 9.53 Å². The summed E-state index contributed by atoms with van der Waals surface area (Å²) in [6, 6.07) is 0. The van der Waals surface area contributed by atoms with Gasteiger partial charge in [0.25, 0.3) is 0 Å². The van der Waals surface area contributed by atoms with E-state index in [-0.39, 0.29) is 12.0 Å². The van der Waals surface area contributed by atoms with Crippen LogP contribution < -0.4 is 0 Å². The molecule has 0 unspecified atom stereocenters. The molecular weight excluding hydrogens is 292 g/mol. The minimum absolute atomic E-state index is 0.225. The fraction of sp³-hybridized carbons (Fsp3) is 0.889. The number of unbranched alkanes of at least 4 members (excludes halogenated alkanes) is 6. The van der Waals surface area contributed by atoms with Crippen LogP contribution in [0.5, 0.6) is 0 Å². The zero-order valence-corrected chi connectivity index (χ0v) is 15.0. The Morgan fingerprint density at radius 1 is 0.783 bits per heavy atom. The monoisotopic (exact) mass is 326 g/mol. The smallest absolute Gasteiger partial charge is 0.409 e. The number of carbonyl (C=O) groups excluding carboxylic acids is 2. The van der Waals surface area contributed by atoms with Crippen molar-refractivity contribution < 1.29 is 14.3 Å². The highest BCUT2D eigenvalue weighted by Crippen LogP contribution is 2.09. The molecule has 1 fully saturated rings. The topological polar surface area (TPSA) is 49.9 Å². The Balaban J connectivity index is 2.13. The Labute approximate surface area is 141 Å². The average Bonchev–Trinajstić information content (AvgIpc) is 2.58. The van der Waals surface area contributed by atoms with Crippen molar-refractivity contribution in [3.63, 3.8) is 0 Å². The Kier molecular flexibility index (Phi) is 10.5.